The van der Waals surface area contributed by atoms with E-state index in [2.05, 4.69) is 43.1 Å². The van der Waals surface area contributed by atoms with Gasteiger partial charge in [0.05, 0.1) is 10.7 Å². The molecule has 3 rings (SSSR count). The number of rotatable bonds is 5. The van der Waals surface area contributed by atoms with Crippen molar-refractivity contribution >= 4 is 28.1 Å². The number of hydrogen-bond donors (Lipinski definition) is 1. The summed E-state index contributed by atoms with van der Waals surface area (Å²) in [5, 5.41) is 12.7. The molecule has 0 saturated heterocycles. The first kappa shape index (κ1) is 15.7. The lowest BCUT2D eigenvalue weighted by Gasteiger charge is -2.04. The zero-order valence-corrected chi connectivity index (χ0v) is 14.1. The largest absolute Gasteiger partial charge is 0.477 e. The zero-order chi connectivity index (χ0) is 16.4. The van der Waals surface area contributed by atoms with Crippen LogP contribution in [0.25, 0.3) is 10.8 Å². The van der Waals surface area contributed by atoms with Gasteiger partial charge in [-0.05, 0) is 28.7 Å². The molecular formula is C19H19NO2S. The van der Waals surface area contributed by atoms with Crippen molar-refractivity contribution in [3.8, 4) is 0 Å². The van der Waals surface area contributed by atoms with Crippen molar-refractivity contribution < 1.29 is 9.90 Å². The maximum atomic E-state index is 11.5. The fourth-order valence-electron chi connectivity index (χ4n) is 2.78. The second kappa shape index (κ2) is 6.50. The summed E-state index contributed by atoms with van der Waals surface area (Å²) in [6, 6.07) is 14.5. The van der Waals surface area contributed by atoms with E-state index >= 15 is 0 Å². The van der Waals surface area contributed by atoms with Gasteiger partial charge >= 0.3 is 5.97 Å². The van der Waals surface area contributed by atoms with Gasteiger partial charge in [-0.25, -0.2) is 9.78 Å². The summed E-state index contributed by atoms with van der Waals surface area (Å²) in [5.41, 5.74) is 1.90. The van der Waals surface area contributed by atoms with Gasteiger partial charge in [0.25, 0.3) is 0 Å². The normalized spacial score (nSPS) is 11.3. The summed E-state index contributed by atoms with van der Waals surface area (Å²) in [4.78, 5) is 16.4. The molecule has 1 N–H and O–H groups in total. The lowest BCUT2D eigenvalue weighted by atomic mass is 10.0. The summed E-state index contributed by atoms with van der Waals surface area (Å²) in [7, 11) is 0. The maximum Gasteiger partial charge on any atom is 0.347 e. The van der Waals surface area contributed by atoms with Gasteiger partial charge in [0.15, 0.2) is 0 Å². The first-order chi connectivity index (χ1) is 11.0. The van der Waals surface area contributed by atoms with Gasteiger partial charge < -0.3 is 5.11 Å². The Morgan fingerprint density at radius 1 is 1.17 bits per heavy atom. The highest BCUT2D eigenvalue weighted by molar-refractivity contribution is 7.13. The van der Waals surface area contributed by atoms with Crippen molar-refractivity contribution in [3.05, 3.63) is 63.6 Å². The van der Waals surface area contributed by atoms with Crippen LogP contribution < -0.4 is 0 Å². The molecule has 1 heterocycles. The van der Waals surface area contributed by atoms with E-state index in [1.807, 2.05) is 18.2 Å². The molecule has 0 fully saturated rings. The highest BCUT2D eigenvalue weighted by Crippen LogP contribution is 2.26. The molecule has 0 saturated carbocycles. The van der Waals surface area contributed by atoms with Crippen LogP contribution in [-0.4, -0.2) is 16.1 Å². The molecule has 3 nitrogen and oxygen atoms in total. The van der Waals surface area contributed by atoms with E-state index in [4.69, 9.17) is 0 Å². The van der Waals surface area contributed by atoms with Crippen LogP contribution in [0.2, 0.25) is 0 Å². The van der Waals surface area contributed by atoms with Crippen LogP contribution in [0.4, 0.5) is 0 Å². The fourth-order valence-corrected chi connectivity index (χ4v) is 3.73. The van der Waals surface area contributed by atoms with E-state index in [1.165, 1.54) is 27.7 Å². The minimum atomic E-state index is -0.873. The summed E-state index contributed by atoms with van der Waals surface area (Å²) in [6.45, 7) is 4.16. The van der Waals surface area contributed by atoms with Crippen LogP contribution in [0.3, 0.4) is 0 Å². The van der Waals surface area contributed by atoms with E-state index in [-0.39, 0.29) is 0 Å². The zero-order valence-electron chi connectivity index (χ0n) is 13.2. The molecule has 0 spiro atoms. The predicted molar refractivity (Wildman–Crippen MR) is 94.4 cm³/mol. The summed E-state index contributed by atoms with van der Waals surface area (Å²) < 4.78 is 0. The molecule has 0 amide bonds. The number of aromatic nitrogens is 1. The Hall–Kier alpha value is -2.20. The average molecular weight is 325 g/mol. The van der Waals surface area contributed by atoms with E-state index < -0.39 is 5.97 Å². The van der Waals surface area contributed by atoms with Crippen LogP contribution in [0.15, 0.2) is 42.5 Å². The number of carboxylic acids is 1. The fraction of sp³-hybridized carbons (Fsp3) is 0.263. The van der Waals surface area contributed by atoms with Crippen LogP contribution in [0, 0.1) is 5.92 Å². The number of fused-ring (bicyclic) bond motifs is 1. The van der Waals surface area contributed by atoms with Crippen molar-refractivity contribution in [2.45, 2.75) is 26.7 Å². The SMILES string of the molecule is CC(C)Cc1nc(Cc2cccc3ccccc23)sc1C(=O)O. The van der Waals surface area contributed by atoms with E-state index in [1.54, 1.807) is 0 Å². The number of aromatic carboxylic acids is 1. The van der Waals surface area contributed by atoms with Crippen LogP contribution in [-0.2, 0) is 12.8 Å². The van der Waals surface area contributed by atoms with E-state index in [0.717, 1.165) is 5.01 Å². The second-order valence-corrected chi connectivity index (χ2v) is 7.19. The van der Waals surface area contributed by atoms with Gasteiger partial charge in [-0.2, -0.15) is 0 Å². The van der Waals surface area contributed by atoms with Gasteiger partial charge in [0.1, 0.15) is 4.88 Å². The molecule has 0 atom stereocenters. The number of benzene rings is 2. The molecule has 0 aliphatic heterocycles. The van der Waals surface area contributed by atoms with Gasteiger partial charge in [0, 0.05) is 6.42 Å². The van der Waals surface area contributed by atoms with Crippen molar-refractivity contribution in [1.29, 1.82) is 0 Å². The predicted octanol–water partition coefficient (Wildman–Crippen LogP) is 4.78. The molecule has 0 aliphatic rings. The van der Waals surface area contributed by atoms with Crippen LogP contribution in [0.1, 0.15) is 39.8 Å². The standard InChI is InChI=1S/C19H19NO2S/c1-12(2)10-16-18(19(21)22)23-17(20-16)11-14-8-5-7-13-6-3-4-9-15(13)14/h3-9,12H,10-11H2,1-2H3,(H,21,22). The Balaban J connectivity index is 1.97. The quantitative estimate of drug-likeness (QED) is 0.734. The Labute approximate surface area is 139 Å². The average Bonchev–Trinajstić information content (AvgIpc) is 2.89. The Morgan fingerprint density at radius 2 is 1.91 bits per heavy atom. The minimum absolute atomic E-state index is 0.383. The lowest BCUT2D eigenvalue weighted by Crippen LogP contribution is -2.02. The summed E-state index contributed by atoms with van der Waals surface area (Å²) in [6.07, 6.45) is 1.37. The Kier molecular flexibility index (Phi) is 4.44. The Morgan fingerprint density at radius 3 is 2.65 bits per heavy atom. The van der Waals surface area contributed by atoms with Gasteiger partial charge in [0.2, 0.25) is 0 Å². The monoisotopic (exact) mass is 325 g/mol. The number of hydrogen-bond acceptors (Lipinski definition) is 3. The third-order valence-electron chi connectivity index (χ3n) is 3.76. The lowest BCUT2D eigenvalue weighted by molar-refractivity contribution is 0.0700. The first-order valence-electron chi connectivity index (χ1n) is 7.73. The number of carbonyl (C=O) groups is 1. The number of nitrogens with zero attached hydrogens (tertiary/aromatic N) is 1. The topological polar surface area (TPSA) is 50.2 Å². The van der Waals surface area contributed by atoms with Crippen molar-refractivity contribution in [1.82, 2.24) is 4.98 Å². The molecule has 0 bridgehead atoms. The van der Waals surface area contributed by atoms with Crippen LogP contribution >= 0.6 is 11.3 Å². The van der Waals surface area contributed by atoms with Gasteiger partial charge in [-0.15, -0.1) is 11.3 Å². The number of carboxylic acid groups (broad SMARTS) is 1. The van der Waals surface area contributed by atoms with Gasteiger partial charge in [-0.3, -0.25) is 0 Å². The minimum Gasteiger partial charge on any atom is -0.477 e. The molecular weight excluding hydrogens is 306 g/mol. The molecule has 0 aliphatic carbocycles. The number of thiazole rings is 1. The molecule has 0 unspecified atom stereocenters. The molecule has 1 aromatic heterocycles. The highest BCUT2D eigenvalue weighted by atomic mass is 32.1. The molecule has 118 valence electrons. The third-order valence-corrected chi connectivity index (χ3v) is 4.84. The molecule has 2 aromatic carbocycles. The molecule has 3 aromatic rings. The van der Waals surface area contributed by atoms with E-state index in [0.29, 0.717) is 29.3 Å². The summed E-state index contributed by atoms with van der Waals surface area (Å²) in [5.74, 6) is -0.483. The van der Waals surface area contributed by atoms with Gasteiger partial charge in [-0.1, -0.05) is 56.3 Å². The summed E-state index contributed by atoms with van der Waals surface area (Å²) >= 11 is 1.30. The van der Waals surface area contributed by atoms with E-state index in [9.17, 15) is 9.90 Å². The molecule has 4 heteroatoms. The van der Waals surface area contributed by atoms with Crippen molar-refractivity contribution in [2.75, 3.05) is 0 Å². The molecule has 0 radical (unpaired) electrons. The van der Waals surface area contributed by atoms with Crippen molar-refractivity contribution in [3.63, 3.8) is 0 Å². The Bertz CT molecular complexity index is 846. The van der Waals surface area contributed by atoms with Crippen molar-refractivity contribution in [2.24, 2.45) is 5.92 Å². The highest BCUT2D eigenvalue weighted by Gasteiger charge is 2.18. The molecule has 23 heavy (non-hydrogen) atoms. The second-order valence-electron chi connectivity index (χ2n) is 6.10. The van der Waals surface area contributed by atoms with Crippen LogP contribution in [0.5, 0.6) is 0 Å². The smallest absolute Gasteiger partial charge is 0.347 e. The maximum absolute atomic E-state index is 11.5. The first-order valence-corrected chi connectivity index (χ1v) is 8.54. The third kappa shape index (κ3) is 3.42.